The fraction of sp³-hybridized carbons (Fsp3) is 0.632. The maximum absolute atomic E-state index is 12.1. The van der Waals surface area contributed by atoms with Crippen LogP contribution < -0.4 is 0 Å². The van der Waals surface area contributed by atoms with Gasteiger partial charge in [0.1, 0.15) is 0 Å². The van der Waals surface area contributed by atoms with Gasteiger partial charge in [0.25, 0.3) is 0 Å². The molecular weight excluding hydrogens is 304 g/mol. The first kappa shape index (κ1) is 20.0. The van der Waals surface area contributed by atoms with Crippen LogP contribution in [0.25, 0.3) is 0 Å². The van der Waals surface area contributed by atoms with Gasteiger partial charge in [0.05, 0.1) is 0 Å². The van der Waals surface area contributed by atoms with Crippen LogP contribution in [0, 0.1) is 0 Å². The van der Waals surface area contributed by atoms with Crippen molar-refractivity contribution >= 4 is 17.9 Å². The summed E-state index contributed by atoms with van der Waals surface area (Å²) in [6.45, 7) is 3.17. The molecule has 0 bridgehead atoms. The number of carbonyl (C=O) groups is 1. The molecule has 0 fully saturated rings. The normalized spacial score (nSPS) is 11.0. The van der Waals surface area contributed by atoms with E-state index in [2.05, 4.69) is 50.2 Å². The quantitative estimate of drug-likeness (QED) is 0.421. The Bertz CT molecular complexity index is 445. The van der Waals surface area contributed by atoms with Crippen LogP contribution in [0.5, 0.6) is 0 Å². The predicted octanol–water partition coefficient (Wildman–Crippen LogP) is 4.96. The second-order valence-corrected chi connectivity index (χ2v) is 7.58. The van der Waals surface area contributed by atoms with Crippen molar-refractivity contribution in [2.24, 2.45) is 0 Å². The van der Waals surface area contributed by atoms with E-state index < -0.39 is 0 Å². The molecule has 1 aromatic carbocycles. The molecule has 0 aliphatic heterocycles. The first-order valence-electron chi connectivity index (χ1n) is 8.71. The Morgan fingerprint density at radius 1 is 0.957 bits per heavy atom. The molecule has 1 amide bonds. The molecule has 0 saturated carbocycles. The lowest BCUT2D eigenvalue weighted by molar-refractivity contribution is -0.125. The number of nitrogens with zero attached hydrogens (tertiary/aromatic N) is 2. The second kappa shape index (κ2) is 11.5. The summed E-state index contributed by atoms with van der Waals surface area (Å²) in [4.78, 5) is 15.4. The largest absolute Gasteiger partial charge is 0.305 e. The molecule has 3 nitrogen and oxygen atoms in total. The van der Waals surface area contributed by atoms with Crippen LogP contribution in [0.4, 0.5) is 0 Å². The van der Waals surface area contributed by atoms with Crippen molar-refractivity contribution in [3.8, 4) is 0 Å². The molecule has 0 heterocycles. The number of unbranched alkanes of at least 4 members (excludes halogenated alkanes) is 5. The Labute approximate surface area is 146 Å². The van der Waals surface area contributed by atoms with E-state index in [0.29, 0.717) is 6.42 Å². The van der Waals surface area contributed by atoms with Crippen molar-refractivity contribution in [2.75, 3.05) is 21.1 Å². The fourth-order valence-electron chi connectivity index (χ4n) is 2.44. The van der Waals surface area contributed by atoms with Crippen LogP contribution >= 0.6 is 11.9 Å². The summed E-state index contributed by atoms with van der Waals surface area (Å²) < 4.78 is 1.77. The van der Waals surface area contributed by atoms with Crippen molar-refractivity contribution < 1.29 is 4.79 Å². The summed E-state index contributed by atoms with van der Waals surface area (Å²) in [5.41, 5.74) is 1.29. The summed E-state index contributed by atoms with van der Waals surface area (Å²) in [6.07, 6.45) is 7.98. The number of rotatable bonds is 11. The van der Waals surface area contributed by atoms with E-state index in [1.54, 1.807) is 4.31 Å². The molecule has 0 aliphatic rings. The molecule has 1 aromatic rings. The van der Waals surface area contributed by atoms with Crippen LogP contribution in [-0.4, -0.2) is 36.3 Å². The molecule has 0 unspecified atom stereocenters. The third-order valence-corrected chi connectivity index (χ3v) is 4.72. The van der Waals surface area contributed by atoms with Gasteiger partial charge in [0.15, 0.2) is 0 Å². The maximum atomic E-state index is 12.1. The van der Waals surface area contributed by atoms with E-state index in [-0.39, 0.29) is 5.91 Å². The third-order valence-electron chi connectivity index (χ3n) is 3.76. The molecule has 0 spiro atoms. The SMILES string of the molecule is CCCCCCCCC(=O)N(C)Sc1ccc(CN(C)C)cc1. The molecule has 4 heteroatoms. The van der Waals surface area contributed by atoms with E-state index in [0.717, 1.165) is 17.9 Å². The van der Waals surface area contributed by atoms with E-state index >= 15 is 0 Å². The Hall–Kier alpha value is -1.00. The molecule has 130 valence electrons. The molecule has 1 rings (SSSR count). The van der Waals surface area contributed by atoms with Crippen molar-refractivity contribution in [1.82, 2.24) is 9.21 Å². The summed E-state index contributed by atoms with van der Waals surface area (Å²) in [5, 5.41) is 0. The summed E-state index contributed by atoms with van der Waals surface area (Å²) in [6, 6.07) is 8.46. The average molecular weight is 337 g/mol. The van der Waals surface area contributed by atoms with Gasteiger partial charge in [-0.25, -0.2) is 0 Å². The summed E-state index contributed by atoms with van der Waals surface area (Å²) in [5.74, 6) is 0.225. The highest BCUT2D eigenvalue weighted by Gasteiger charge is 2.10. The van der Waals surface area contributed by atoms with Gasteiger partial charge in [-0.3, -0.25) is 9.10 Å². The Morgan fingerprint density at radius 3 is 2.17 bits per heavy atom. The Balaban J connectivity index is 2.28. The van der Waals surface area contributed by atoms with Gasteiger partial charge in [-0.2, -0.15) is 0 Å². The van der Waals surface area contributed by atoms with Crippen LogP contribution in [0.1, 0.15) is 57.4 Å². The van der Waals surface area contributed by atoms with Gasteiger partial charge in [-0.15, -0.1) is 0 Å². The van der Waals surface area contributed by atoms with Crippen LogP contribution in [0.3, 0.4) is 0 Å². The zero-order valence-corrected chi connectivity index (χ0v) is 16.0. The molecule has 0 radical (unpaired) electrons. The maximum Gasteiger partial charge on any atom is 0.232 e. The average Bonchev–Trinajstić information content (AvgIpc) is 2.52. The zero-order valence-electron chi connectivity index (χ0n) is 15.2. The highest BCUT2D eigenvalue weighted by atomic mass is 32.2. The molecule has 0 aromatic heterocycles. The van der Waals surface area contributed by atoms with Crippen molar-refractivity contribution in [1.29, 1.82) is 0 Å². The number of hydrogen-bond donors (Lipinski definition) is 0. The van der Waals surface area contributed by atoms with E-state index in [1.807, 2.05) is 7.05 Å². The molecule has 0 N–H and O–H groups in total. The summed E-state index contributed by atoms with van der Waals surface area (Å²) in [7, 11) is 6.01. The Kier molecular flexibility index (Phi) is 10.0. The minimum Gasteiger partial charge on any atom is -0.305 e. The molecule has 23 heavy (non-hydrogen) atoms. The zero-order chi connectivity index (χ0) is 17.1. The standard InChI is InChI=1S/C19H32N2OS/c1-5-6-7-8-9-10-11-19(22)21(4)23-18-14-12-17(13-15-18)16-20(2)3/h12-15H,5-11,16H2,1-4H3. The van der Waals surface area contributed by atoms with Crippen molar-refractivity contribution in [3.63, 3.8) is 0 Å². The summed E-state index contributed by atoms with van der Waals surface area (Å²) >= 11 is 1.52. The van der Waals surface area contributed by atoms with Gasteiger partial charge in [0.2, 0.25) is 5.91 Å². The van der Waals surface area contributed by atoms with Gasteiger partial charge >= 0.3 is 0 Å². The highest BCUT2D eigenvalue weighted by molar-refractivity contribution is 7.97. The first-order valence-corrected chi connectivity index (χ1v) is 9.48. The van der Waals surface area contributed by atoms with Crippen LogP contribution in [0.2, 0.25) is 0 Å². The van der Waals surface area contributed by atoms with Gasteiger partial charge in [0, 0.05) is 24.9 Å². The number of hydrogen-bond acceptors (Lipinski definition) is 3. The van der Waals surface area contributed by atoms with E-state index in [4.69, 9.17) is 0 Å². The molecule has 0 aliphatic carbocycles. The predicted molar refractivity (Wildman–Crippen MR) is 100 cm³/mol. The second-order valence-electron chi connectivity index (χ2n) is 6.38. The third kappa shape index (κ3) is 9.01. The van der Waals surface area contributed by atoms with E-state index in [9.17, 15) is 4.79 Å². The highest BCUT2D eigenvalue weighted by Crippen LogP contribution is 2.23. The fourth-order valence-corrected chi connectivity index (χ4v) is 3.21. The van der Waals surface area contributed by atoms with Crippen LogP contribution in [-0.2, 0) is 11.3 Å². The lowest BCUT2D eigenvalue weighted by Gasteiger charge is -2.16. The monoisotopic (exact) mass is 336 g/mol. The first-order chi connectivity index (χ1) is 11.0. The minimum absolute atomic E-state index is 0.225. The number of carbonyl (C=O) groups excluding carboxylic acids is 1. The van der Waals surface area contributed by atoms with Gasteiger partial charge in [-0.05, 0) is 50.2 Å². The Morgan fingerprint density at radius 2 is 1.57 bits per heavy atom. The molecule has 0 saturated heterocycles. The topological polar surface area (TPSA) is 23.6 Å². The van der Waals surface area contributed by atoms with Crippen molar-refractivity contribution in [3.05, 3.63) is 29.8 Å². The smallest absolute Gasteiger partial charge is 0.232 e. The lowest BCUT2D eigenvalue weighted by Crippen LogP contribution is -2.18. The van der Waals surface area contributed by atoms with E-state index in [1.165, 1.54) is 49.6 Å². The van der Waals surface area contributed by atoms with Gasteiger partial charge < -0.3 is 4.90 Å². The lowest BCUT2D eigenvalue weighted by atomic mass is 10.1. The molecule has 0 atom stereocenters. The number of amides is 1. The van der Waals surface area contributed by atoms with Gasteiger partial charge in [-0.1, -0.05) is 51.2 Å². The minimum atomic E-state index is 0.225. The van der Waals surface area contributed by atoms with Crippen molar-refractivity contribution in [2.45, 2.75) is 63.3 Å². The molecular formula is C19H32N2OS. The number of benzene rings is 1. The van der Waals surface area contributed by atoms with Crippen LogP contribution in [0.15, 0.2) is 29.2 Å².